The first-order valence-corrected chi connectivity index (χ1v) is 8.19. The molecule has 3 heteroatoms. The Hall–Kier alpha value is -1.06. The molecular weight excluding hydrogens is 246 g/mol. The van der Waals surface area contributed by atoms with Crippen molar-refractivity contribution >= 4 is 5.69 Å². The monoisotopic (exact) mass is 273 g/mol. The Labute approximate surface area is 123 Å². The van der Waals surface area contributed by atoms with Crippen LogP contribution in [-0.2, 0) is 6.54 Å². The average molecular weight is 273 g/mol. The molecule has 2 aliphatic rings. The predicted molar refractivity (Wildman–Crippen MR) is 85.3 cm³/mol. The van der Waals surface area contributed by atoms with Crippen molar-refractivity contribution in [2.24, 2.45) is 0 Å². The van der Waals surface area contributed by atoms with Crippen LogP contribution in [0.25, 0.3) is 0 Å². The maximum atomic E-state index is 3.41. The summed E-state index contributed by atoms with van der Waals surface area (Å²) in [6, 6.07) is 9.29. The van der Waals surface area contributed by atoms with Gasteiger partial charge in [-0.2, -0.15) is 0 Å². The maximum absolute atomic E-state index is 3.41. The Morgan fingerprint density at radius 3 is 2.10 bits per heavy atom. The van der Waals surface area contributed by atoms with Crippen LogP contribution >= 0.6 is 0 Å². The third-order valence-electron chi connectivity index (χ3n) is 4.52. The fourth-order valence-corrected chi connectivity index (χ4v) is 3.27. The first-order valence-electron chi connectivity index (χ1n) is 8.19. The van der Waals surface area contributed by atoms with Gasteiger partial charge in [-0.1, -0.05) is 25.0 Å². The summed E-state index contributed by atoms with van der Waals surface area (Å²) in [6.07, 6.45) is 5.50. The van der Waals surface area contributed by atoms with Crippen LogP contribution in [0.4, 0.5) is 5.69 Å². The van der Waals surface area contributed by atoms with Crippen molar-refractivity contribution in [3.63, 3.8) is 0 Å². The molecular formula is C17H27N3. The number of benzene rings is 1. The van der Waals surface area contributed by atoms with Crippen LogP contribution in [0.5, 0.6) is 0 Å². The lowest BCUT2D eigenvalue weighted by molar-refractivity contribution is 0.233. The number of rotatable bonds is 3. The van der Waals surface area contributed by atoms with E-state index in [2.05, 4.69) is 39.4 Å². The van der Waals surface area contributed by atoms with Crippen molar-refractivity contribution in [2.45, 2.75) is 32.2 Å². The van der Waals surface area contributed by atoms with E-state index in [1.54, 1.807) is 0 Å². The summed E-state index contributed by atoms with van der Waals surface area (Å²) < 4.78 is 0. The number of hydrogen-bond donors (Lipinski definition) is 1. The standard InChI is InChI=1S/C17H27N3/c1-2-4-12-20(11-3-1)17-7-5-16(6-8-17)15-19-13-9-18-10-14-19/h5-8,18H,1-4,9-15H2. The fourth-order valence-electron chi connectivity index (χ4n) is 3.27. The molecule has 2 saturated heterocycles. The lowest BCUT2D eigenvalue weighted by atomic mass is 10.1. The Balaban J connectivity index is 1.58. The lowest BCUT2D eigenvalue weighted by Crippen LogP contribution is -2.42. The second-order valence-electron chi connectivity index (χ2n) is 6.09. The summed E-state index contributed by atoms with van der Waals surface area (Å²) in [7, 11) is 0. The summed E-state index contributed by atoms with van der Waals surface area (Å²) >= 11 is 0. The van der Waals surface area contributed by atoms with E-state index in [1.165, 1.54) is 63.1 Å². The lowest BCUT2D eigenvalue weighted by Gasteiger charge is -2.27. The molecule has 0 atom stereocenters. The van der Waals surface area contributed by atoms with Gasteiger partial charge >= 0.3 is 0 Å². The van der Waals surface area contributed by atoms with Crippen molar-refractivity contribution in [1.82, 2.24) is 10.2 Å². The number of nitrogens with zero attached hydrogens (tertiary/aromatic N) is 2. The molecule has 0 saturated carbocycles. The zero-order valence-corrected chi connectivity index (χ0v) is 12.5. The third kappa shape index (κ3) is 3.74. The molecule has 2 fully saturated rings. The smallest absolute Gasteiger partial charge is 0.0366 e. The van der Waals surface area contributed by atoms with Gasteiger partial charge in [0.05, 0.1) is 0 Å². The van der Waals surface area contributed by atoms with Crippen LogP contribution in [-0.4, -0.2) is 44.2 Å². The van der Waals surface area contributed by atoms with Gasteiger partial charge in [0, 0.05) is 51.5 Å². The fraction of sp³-hybridized carbons (Fsp3) is 0.647. The number of nitrogens with one attached hydrogen (secondary N) is 1. The molecule has 2 heterocycles. The van der Waals surface area contributed by atoms with Gasteiger partial charge in [-0.25, -0.2) is 0 Å². The Kier molecular flexibility index (Phi) is 4.93. The van der Waals surface area contributed by atoms with E-state index in [4.69, 9.17) is 0 Å². The molecule has 0 amide bonds. The minimum Gasteiger partial charge on any atom is -0.372 e. The van der Waals surface area contributed by atoms with E-state index in [0.29, 0.717) is 0 Å². The normalized spacial score (nSPS) is 21.7. The first-order chi connectivity index (χ1) is 9.92. The largest absolute Gasteiger partial charge is 0.372 e. The van der Waals surface area contributed by atoms with Gasteiger partial charge in [0.25, 0.3) is 0 Å². The van der Waals surface area contributed by atoms with Crippen LogP contribution in [0.15, 0.2) is 24.3 Å². The number of anilines is 1. The molecule has 0 aliphatic carbocycles. The van der Waals surface area contributed by atoms with Gasteiger partial charge in [0.15, 0.2) is 0 Å². The Morgan fingerprint density at radius 2 is 1.45 bits per heavy atom. The Bertz CT molecular complexity index is 387. The molecule has 3 nitrogen and oxygen atoms in total. The summed E-state index contributed by atoms with van der Waals surface area (Å²) in [5.74, 6) is 0. The maximum Gasteiger partial charge on any atom is 0.0366 e. The van der Waals surface area contributed by atoms with Crippen molar-refractivity contribution < 1.29 is 0 Å². The van der Waals surface area contributed by atoms with E-state index in [9.17, 15) is 0 Å². The molecule has 3 rings (SSSR count). The second kappa shape index (κ2) is 7.09. The zero-order valence-electron chi connectivity index (χ0n) is 12.5. The molecule has 0 bridgehead atoms. The summed E-state index contributed by atoms with van der Waals surface area (Å²) in [6.45, 7) is 8.18. The second-order valence-corrected chi connectivity index (χ2v) is 6.09. The number of piperazine rings is 1. The van der Waals surface area contributed by atoms with Gasteiger partial charge in [-0.05, 0) is 30.5 Å². The summed E-state index contributed by atoms with van der Waals surface area (Å²) in [4.78, 5) is 5.10. The van der Waals surface area contributed by atoms with E-state index in [1.807, 2.05) is 0 Å². The first kappa shape index (κ1) is 13.9. The van der Waals surface area contributed by atoms with Gasteiger partial charge in [-0.15, -0.1) is 0 Å². The van der Waals surface area contributed by atoms with E-state index < -0.39 is 0 Å². The highest BCUT2D eigenvalue weighted by molar-refractivity contribution is 5.47. The quantitative estimate of drug-likeness (QED) is 0.913. The minimum absolute atomic E-state index is 1.10. The molecule has 20 heavy (non-hydrogen) atoms. The third-order valence-corrected chi connectivity index (χ3v) is 4.52. The molecule has 0 aromatic heterocycles. The summed E-state index contributed by atoms with van der Waals surface area (Å²) in [5, 5.41) is 3.41. The van der Waals surface area contributed by atoms with Crippen LogP contribution in [0.1, 0.15) is 31.2 Å². The molecule has 110 valence electrons. The topological polar surface area (TPSA) is 18.5 Å². The molecule has 1 aromatic carbocycles. The van der Waals surface area contributed by atoms with Crippen molar-refractivity contribution in [2.75, 3.05) is 44.2 Å². The average Bonchev–Trinajstić information content (AvgIpc) is 2.78. The van der Waals surface area contributed by atoms with Crippen molar-refractivity contribution in [1.29, 1.82) is 0 Å². The molecule has 0 unspecified atom stereocenters. The van der Waals surface area contributed by atoms with Crippen molar-refractivity contribution in [3.8, 4) is 0 Å². The minimum atomic E-state index is 1.10. The van der Waals surface area contributed by atoms with Gasteiger partial charge in [-0.3, -0.25) is 4.90 Å². The van der Waals surface area contributed by atoms with E-state index in [-0.39, 0.29) is 0 Å². The highest BCUT2D eigenvalue weighted by Gasteiger charge is 2.12. The van der Waals surface area contributed by atoms with Crippen LogP contribution in [0.3, 0.4) is 0 Å². The Morgan fingerprint density at radius 1 is 0.800 bits per heavy atom. The highest BCUT2D eigenvalue weighted by Crippen LogP contribution is 2.20. The molecule has 1 N–H and O–H groups in total. The molecule has 0 radical (unpaired) electrons. The molecule has 0 spiro atoms. The highest BCUT2D eigenvalue weighted by atomic mass is 15.2. The molecule has 2 aliphatic heterocycles. The van der Waals surface area contributed by atoms with E-state index >= 15 is 0 Å². The van der Waals surface area contributed by atoms with Crippen LogP contribution in [0, 0.1) is 0 Å². The van der Waals surface area contributed by atoms with Gasteiger partial charge in [0.2, 0.25) is 0 Å². The predicted octanol–water partition coefficient (Wildman–Crippen LogP) is 2.47. The summed E-state index contributed by atoms with van der Waals surface area (Å²) in [5.41, 5.74) is 2.86. The van der Waals surface area contributed by atoms with Crippen molar-refractivity contribution in [3.05, 3.63) is 29.8 Å². The molecule has 1 aromatic rings. The van der Waals surface area contributed by atoms with E-state index in [0.717, 1.165) is 19.6 Å². The van der Waals surface area contributed by atoms with Crippen LogP contribution in [0.2, 0.25) is 0 Å². The number of hydrogen-bond acceptors (Lipinski definition) is 3. The van der Waals surface area contributed by atoms with Crippen LogP contribution < -0.4 is 10.2 Å². The van der Waals surface area contributed by atoms with Gasteiger partial charge < -0.3 is 10.2 Å². The SMILES string of the molecule is c1cc(N2CCCCCC2)ccc1CN1CCNCC1. The van der Waals surface area contributed by atoms with Gasteiger partial charge in [0.1, 0.15) is 0 Å². The zero-order chi connectivity index (χ0) is 13.6.